The van der Waals surface area contributed by atoms with E-state index in [0.717, 1.165) is 34.9 Å². The van der Waals surface area contributed by atoms with Gasteiger partial charge >= 0.3 is 0 Å². The normalized spacial score (nSPS) is 14.5. The van der Waals surface area contributed by atoms with Gasteiger partial charge in [-0.15, -0.1) is 20.4 Å². The Kier molecular flexibility index (Phi) is 5.89. The Hall–Kier alpha value is -2.84. The van der Waals surface area contributed by atoms with Gasteiger partial charge in [0.2, 0.25) is 11.8 Å². The van der Waals surface area contributed by atoms with Crippen molar-refractivity contribution in [1.29, 1.82) is 0 Å². The molecule has 32 heavy (non-hydrogen) atoms. The Morgan fingerprint density at radius 3 is 2.75 bits per heavy atom. The zero-order valence-electron chi connectivity index (χ0n) is 17.7. The Balaban J connectivity index is 1.32. The first kappa shape index (κ1) is 21.0. The molecule has 164 valence electrons. The number of nitrogens with zero attached hydrogens (tertiary/aromatic N) is 5. The molecular weight excluding hydrogens is 446 g/mol. The van der Waals surface area contributed by atoms with Crippen LogP contribution in [0.2, 0.25) is 5.02 Å². The molecule has 0 amide bonds. The third-order valence-corrected chi connectivity index (χ3v) is 6.53. The van der Waals surface area contributed by atoms with Gasteiger partial charge in [0.05, 0.1) is 10.3 Å². The van der Waals surface area contributed by atoms with Gasteiger partial charge in [-0.25, -0.2) is 0 Å². The van der Waals surface area contributed by atoms with Crippen molar-refractivity contribution >= 4 is 23.4 Å². The highest BCUT2D eigenvalue weighted by Crippen LogP contribution is 2.42. The molecule has 0 N–H and O–H groups in total. The molecule has 1 saturated carbocycles. The molecule has 5 rings (SSSR count). The summed E-state index contributed by atoms with van der Waals surface area (Å²) in [4.78, 5) is 0. The Morgan fingerprint density at radius 2 is 1.97 bits per heavy atom. The molecule has 1 atom stereocenters. The smallest absolute Gasteiger partial charge is 0.247 e. The van der Waals surface area contributed by atoms with Crippen molar-refractivity contribution in [3.63, 3.8) is 0 Å². The van der Waals surface area contributed by atoms with E-state index in [1.54, 1.807) is 17.8 Å². The lowest BCUT2D eigenvalue weighted by Crippen LogP contribution is -2.07. The number of para-hydroxylation sites is 1. The monoisotopic (exact) mass is 467 g/mol. The van der Waals surface area contributed by atoms with Gasteiger partial charge < -0.3 is 9.15 Å². The zero-order chi connectivity index (χ0) is 22.1. The van der Waals surface area contributed by atoms with E-state index < -0.39 is 0 Å². The quantitative estimate of drug-likeness (QED) is 0.291. The molecule has 2 heterocycles. The summed E-state index contributed by atoms with van der Waals surface area (Å²) in [5.41, 5.74) is 2.06. The van der Waals surface area contributed by atoms with Crippen LogP contribution >= 0.6 is 23.4 Å². The predicted molar refractivity (Wildman–Crippen MR) is 123 cm³/mol. The second-order valence-corrected chi connectivity index (χ2v) is 9.51. The Labute approximate surface area is 195 Å². The molecule has 1 aliphatic rings. The fourth-order valence-corrected chi connectivity index (χ4v) is 4.55. The second kappa shape index (κ2) is 8.96. The van der Waals surface area contributed by atoms with Gasteiger partial charge in [-0.3, -0.25) is 4.57 Å². The number of benzene rings is 2. The third kappa shape index (κ3) is 4.52. The fourth-order valence-electron chi connectivity index (χ4n) is 3.39. The van der Waals surface area contributed by atoms with Crippen LogP contribution in [-0.2, 0) is 6.61 Å². The van der Waals surface area contributed by atoms with Crippen molar-refractivity contribution < 1.29 is 9.15 Å². The first-order valence-corrected chi connectivity index (χ1v) is 11.7. The summed E-state index contributed by atoms with van der Waals surface area (Å²) in [6.45, 7) is 4.38. The molecule has 7 nitrogen and oxygen atoms in total. The van der Waals surface area contributed by atoms with Crippen LogP contribution in [0.1, 0.15) is 48.3 Å². The summed E-state index contributed by atoms with van der Waals surface area (Å²) in [6, 6.07) is 15.8. The highest BCUT2D eigenvalue weighted by atomic mass is 35.5. The summed E-state index contributed by atoms with van der Waals surface area (Å²) < 4.78 is 14.0. The maximum absolute atomic E-state index is 6.21. The standard InChI is InChI=1S/C23H22ClN5O2S/c1-14-6-5-7-16(12-14)22-27-26-21(31-22)15(2)32-23-28-25-20(29(23)17-10-11-17)13-30-19-9-4-3-8-18(19)24/h3-9,12,15,17H,10-11,13H2,1-2H3/t15-/m1/s1. The van der Waals surface area contributed by atoms with Crippen molar-refractivity contribution in [3.8, 4) is 17.2 Å². The molecule has 2 aromatic carbocycles. The van der Waals surface area contributed by atoms with E-state index in [9.17, 15) is 0 Å². The van der Waals surface area contributed by atoms with Gasteiger partial charge in [0.25, 0.3) is 0 Å². The zero-order valence-corrected chi connectivity index (χ0v) is 19.3. The van der Waals surface area contributed by atoms with Crippen LogP contribution < -0.4 is 4.74 Å². The number of thioether (sulfide) groups is 1. The van der Waals surface area contributed by atoms with Crippen LogP contribution in [0, 0.1) is 6.92 Å². The number of rotatable bonds is 8. The summed E-state index contributed by atoms with van der Waals surface area (Å²) in [6.07, 6.45) is 2.22. The average Bonchev–Trinajstić information content (AvgIpc) is 3.35. The highest BCUT2D eigenvalue weighted by Gasteiger charge is 2.31. The number of aromatic nitrogens is 5. The predicted octanol–water partition coefficient (Wildman–Crippen LogP) is 6.06. The van der Waals surface area contributed by atoms with Gasteiger partial charge in [-0.2, -0.15) is 0 Å². The first-order chi connectivity index (χ1) is 15.6. The average molecular weight is 468 g/mol. The Bertz CT molecular complexity index is 1240. The third-order valence-electron chi connectivity index (χ3n) is 5.18. The van der Waals surface area contributed by atoms with Gasteiger partial charge in [0.15, 0.2) is 11.0 Å². The van der Waals surface area contributed by atoms with Crippen LogP contribution in [0.3, 0.4) is 0 Å². The lowest BCUT2D eigenvalue weighted by Gasteiger charge is -2.12. The van der Waals surface area contributed by atoms with E-state index in [-0.39, 0.29) is 5.25 Å². The number of hydrogen-bond acceptors (Lipinski definition) is 7. The minimum atomic E-state index is -0.0694. The maximum atomic E-state index is 6.21. The molecule has 0 spiro atoms. The number of aryl methyl sites for hydroxylation is 1. The van der Waals surface area contributed by atoms with E-state index in [1.165, 1.54) is 0 Å². The van der Waals surface area contributed by atoms with E-state index >= 15 is 0 Å². The second-order valence-electron chi connectivity index (χ2n) is 7.79. The fraction of sp³-hybridized carbons (Fsp3) is 0.304. The van der Waals surface area contributed by atoms with Gasteiger partial charge in [0, 0.05) is 11.6 Å². The first-order valence-electron chi connectivity index (χ1n) is 10.5. The molecular formula is C23H22ClN5O2S. The molecule has 0 bridgehead atoms. The van der Waals surface area contributed by atoms with Crippen molar-refractivity contribution in [2.75, 3.05) is 0 Å². The van der Waals surface area contributed by atoms with Crippen LogP contribution in [-0.4, -0.2) is 25.0 Å². The van der Waals surface area contributed by atoms with Crippen molar-refractivity contribution in [1.82, 2.24) is 25.0 Å². The summed E-state index contributed by atoms with van der Waals surface area (Å²) >= 11 is 7.77. The van der Waals surface area contributed by atoms with Crippen molar-refractivity contribution in [2.45, 2.75) is 49.7 Å². The van der Waals surface area contributed by atoms with Gasteiger partial charge in [-0.1, -0.05) is 53.2 Å². The number of ether oxygens (including phenoxy) is 1. The molecule has 1 aliphatic carbocycles. The lowest BCUT2D eigenvalue weighted by molar-refractivity contribution is 0.288. The highest BCUT2D eigenvalue weighted by molar-refractivity contribution is 7.99. The SMILES string of the molecule is Cc1cccc(-c2nnc([C@@H](C)Sc3nnc(COc4ccccc4Cl)n3C3CC3)o2)c1. The molecule has 0 saturated heterocycles. The minimum Gasteiger partial charge on any atom is -0.484 e. The minimum absolute atomic E-state index is 0.0694. The summed E-state index contributed by atoms with van der Waals surface area (Å²) in [7, 11) is 0. The van der Waals surface area contributed by atoms with Crippen LogP contribution in [0.4, 0.5) is 0 Å². The molecule has 4 aromatic rings. The molecule has 1 fully saturated rings. The topological polar surface area (TPSA) is 78.9 Å². The number of halogens is 1. The number of hydrogen-bond donors (Lipinski definition) is 0. The largest absolute Gasteiger partial charge is 0.484 e. The summed E-state index contributed by atoms with van der Waals surface area (Å²) in [5, 5.41) is 18.6. The van der Waals surface area contributed by atoms with E-state index in [2.05, 4.69) is 25.0 Å². The van der Waals surface area contributed by atoms with Crippen LogP contribution in [0.25, 0.3) is 11.5 Å². The molecule has 2 aromatic heterocycles. The molecule has 0 unspecified atom stereocenters. The van der Waals surface area contributed by atoms with Crippen LogP contribution in [0.15, 0.2) is 58.1 Å². The van der Waals surface area contributed by atoms with E-state index in [4.69, 9.17) is 20.8 Å². The van der Waals surface area contributed by atoms with Gasteiger partial charge in [-0.05, 0) is 51.0 Å². The van der Waals surface area contributed by atoms with Gasteiger partial charge in [0.1, 0.15) is 12.4 Å². The Morgan fingerprint density at radius 1 is 1.12 bits per heavy atom. The van der Waals surface area contributed by atoms with Crippen molar-refractivity contribution in [3.05, 3.63) is 70.8 Å². The molecule has 0 aliphatic heterocycles. The lowest BCUT2D eigenvalue weighted by atomic mass is 10.1. The summed E-state index contributed by atoms with van der Waals surface area (Å²) in [5.74, 6) is 2.50. The van der Waals surface area contributed by atoms with E-state index in [1.807, 2.05) is 56.3 Å². The van der Waals surface area contributed by atoms with Crippen molar-refractivity contribution in [2.24, 2.45) is 0 Å². The molecule has 9 heteroatoms. The van der Waals surface area contributed by atoms with E-state index in [0.29, 0.717) is 35.2 Å². The maximum Gasteiger partial charge on any atom is 0.247 e. The van der Waals surface area contributed by atoms with Crippen LogP contribution in [0.5, 0.6) is 5.75 Å². The molecule has 0 radical (unpaired) electrons.